The Morgan fingerprint density at radius 1 is 1.27 bits per heavy atom. The van der Waals surface area contributed by atoms with E-state index in [4.69, 9.17) is 4.74 Å². The van der Waals surface area contributed by atoms with Crippen LogP contribution in [0.25, 0.3) is 11.3 Å². The lowest BCUT2D eigenvalue weighted by Crippen LogP contribution is -2.29. The van der Waals surface area contributed by atoms with Crippen LogP contribution in [-0.4, -0.2) is 27.7 Å². The number of benzene rings is 2. The first-order valence-corrected chi connectivity index (χ1v) is 8.62. The van der Waals surface area contributed by atoms with Crippen LogP contribution in [0.2, 0.25) is 0 Å². The normalized spacial score (nSPS) is 10.1. The van der Waals surface area contributed by atoms with Gasteiger partial charge in [-0.25, -0.2) is 4.68 Å². The maximum absolute atomic E-state index is 12.4. The van der Waals surface area contributed by atoms with Crippen LogP contribution in [0.3, 0.4) is 0 Å². The monoisotopic (exact) mass is 405 g/mol. The van der Waals surface area contributed by atoms with E-state index in [1.54, 1.807) is 30.3 Å². The molecule has 3 rings (SSSR count). The zero-order valence-corrected chi connectivity index (χ0v) is 15.7. The van der Waals surface area contributed by atoms with Crippen LogP contribution in [0.15, 0.2) is 59.4 Å². The van der Waals surface area contributed by atoms with E-state index in [9.17, 15) is 25.0 Å². The number of hydrogen-bond acceptors (Lipinski definition) is 7. The van der Waals surface area contributed by atoms with Crippen molar-refractivity contribution in [3.05, 3.63) is 80.6 Å². The number of nitro benzene ring substituents is 1. The second kappa shape index (κ2) is 8.66. The van der Waals surface area contributed by atoms with Gasteiger partial charge in [0.05, 0.1) is 29.0 Å². The molecule has 0 fully saturated rings. The van der Waals surface area contributed by atoms with Gasteiger partial charge in [0, 0.05) is 23.8 Å². The highest BCUT2D eigenvalue weighted by Crippen LogP contribution is 2.22. The first-order chi connectivity index (χ1) is 14.4. The van der Waals surface area contributed by atoms with Crippen LogP contribution < -0.4 is 15.6 Å². The van der Waals surface area contributed by atoms with E-state index in [-0.39, 0.29) is 16.9 Å². The third-order valence-corrected chi connectivity index (χ3v) is 4.13. The van der Waals surface area contributed by atoms with Crippen molar-refractivity contribution >= 4 is 17.3 Å². The van der Waals surface area contributed by atoms with Crippen LogP contribution in [0, 0.1) is 21.4 Å². The molecule has 1 heterocycles. The minimum Gasteiger partial charge on any atom is -0.497 e. The van der Waals surface area contributed by atoms with Crippen molar-refractivity contribution in [3.63, 3.8) is 0 Å². The number of aromatic nitrogens is 2. The fourth-order valence-electron chi connectivity index (χ4n) is 2.67. The molecule has 0 aliphatic heterocycles. The number of carbonyl (C=O) groups excluding carboxylic acids is 1. The number of carbonyl (C=O) groups is 1. The third-order valence-electron chi connectivity index (χ3n) is 4.13. The standard InChI is InChI=1S/C20H15N5O5/c1-30-16-4-2-3-13(10-16)18-7-8-20(27)24(23-18)12-19(26)22-17-6-5-15(25(28)29)9-14(17)11-21/h2-10H,12H2,1H3,(H,22,26). The lowest BCUT2D eigenvalue weighted by molar-refractivity contribution is -0.384. The number of hydrogen-bond donors (Lipinski definition) is 1. The topological polar surface area (TPSA) is 140 Å². The molecule has 0 bridgehead atoms. The summed E-state index contributed by atoms with van der Waals surface area (Å²) in [7, 11) is 1.53. The number of rotatable bonds is 6. The lowest BCUT2D eigenvalue weighted by Gasteiger charge is -2.10. The van der Waals surface area contributed by atoms with Crippen molar-refractivity contribution in [1.82, 2.24) is 9.78 Å². The van der Waals surface area contributed by atoms with Crippen molar-refractivity contribution < 1.29 is 14.5 Å². The summed E-state index contributed by atoms with van der Waals surface area (Å²) in [5, 5.41) is 26.7. The van der Waals surface area contributed by atoms with Gasteiger partial charge in [0.25, 0.3) is 11.2 Å². The van der Waals surface area contributed by atoms with Gasteiger partial charge in [-0.2, -0.15) is 10.4 Å². The van der Waals surface area contributed by atoms with Crippen LogP contribution in [-0.2, 0) is 11.3 Å². The van der Waals surface area contributed by atoms with Gasteiger partial charge in [-0.05, 0) is 24.3 Å². The SMILES string of the molecule is COc1cccc(-c2ccc(=O)n(CC(=O)Nc3ccc([N+](=O)[O-])cc3C#N)n2)c1. The summed E-state index contributed by atoms with van der Waals surface area (Å²) < 4.78 is 6.17. The molecule has 1 amide bonds. The molecular formula is C20H15N5O5. The van der Waals surface area contributed by atoms with Gasteiger partial charge in [0.1, 0.15) is 18.4 Å². The predicted molar refractivity (Wildman–Crippen MR) is 107 cm³/mol. The molecule has 1 N–H and O–H groups in total. The van der Waals surface area contributed by atoms with Gasteiger partial charge >= 0.3 is 0 Å². The van der Waals surface area contributed by atoms with E-state index in [1.165, 1.54) is 31.4 Å². The zero-order valence-electron chi connectivity index (χ0n) is 15.7. The quantitative estimate of drug-likeness (QED) is 0.490. The van der Waals surface area contributed by atoms with E-state index < -0.39 is 22.9 Å². The molecular weight excluding hydrogens is 390 g/mol. The average molecular weight is 405 g/mol. The number of anilines is 1. The Morgan fingerprint density at radius 2 is 2.07 bits per heavy atom. The predicted octanol–water partition coefficient (Wildman–Crippen LogP) is 2.34. The Labute approximate surface area is 170 Å². The number of nitro groups is 1. The van der Waals surface area contributed by atoms with Gasteiger partial charge in [-0.1, -0.05) is 12.1 Å². The maximum Gasteiger partial charge on any atom is 0.270 e. The van der Waals surface area contributed by atoms with E-state index in [0.717, 1.165) is 10.7 Å². The van der Waals surface area contributed by atoms with E-state index in [0.29, 0.717) is 17.0 Å². The molecule has 0 saturated heterocycles. The zero-order chi connectivity index (χ0) is 21.7. The van der Waals surface area contributed by atoms with Crippen molar-refractivity contribution in [2.45, 2.75) is 6.54 Å². The fourth-order valence-corrected chi connectivity index (χ4v) is 2.67. The first kappa shape index (κ1) is 20.2. The molecule has 0 aliphatic carbocycles. The molecule has 0 aliphatic rings. The number of nitrogens with one attached hydrogen (secondary N) is 1. The van der Waals surface area contributed by atoms with Crippen molar-refractivity contribution in [1.29, 1.82) is 5.26 Å². The molecule has 10 nitrogen and oxygen atoms in total. The third kappa shape index (κ3) is 4.48. The molecule has 2 aromatic carbocycles. The second-order valence-electron chi connectivity index (χ2n) is 6.09. The summed E-state index contributed by atoms with van der Waals surface area (Å²) >= 11 is 0. The highest BCUT2D eigenvalue weighted by atomic mass is 16.6. The van der Waals surface area contributed by atoms with E-state index >= 15 is 0 Å². The van der Waals surface area contributed by atoms with Crippen LogP contribution >= 0.6 is 0 Å². The fraction of sp³-hybridized carbons (Fsp3) is 0.100. The molecule has 0 unspecified atom stereocenters. The first-order valence-electron chi connectivity index (χ1n) is 8.62. The number of amides is 1. The van der Waals surface area contributed by atoms with Crippen LogP contribution in [0.1, 0.15) is 5.56 Å². The summed E-state index contributed by atoms with van der Waals surface area (Å²) in [6.45, 7) is -0.404. The summed E-state index contributed by atoms with van der Waals surface area (Å²) in [6, 6.07) is 15.2. The number of nitriles is 1. The van der Waals surface area contributed by atoms with Gasteiger partial charge in [0.2, 0.25) is 5.91 Å². The summed E-state index contributed by atoms with van der Waals surface area (Å²) in [6.07, 6.45) is 0. The molecule has 10 heteroatoms. The van der Waals surface area contributed by atoms with Crippen molar-refractivity contribution in [2.24, 2.45) is 0 Å². The number of methoxy groups -OCH3 is 1. The highest BCUT2D eigenvalue weighted by Gasteiger charge is 2.14. The van der Waals surface area contributed by atoms with Crippen molar-refractivity contribution in [2.75, 3.05) is 12.4 Å². The van der Waals surface area contributed by atoms with E-state index in [1.807, 2.05) is 0 Å². The van der Waals surface area contributed by atoms with Crippen molar-refractivity contribution in [3.8, 4) is 23.1 Å². The minimum atomic E-state index is -0.639. The lowest BCUT2D eigenvalue weighted by atomic mass is 10.1. The highest BCUT2D eigenvalue weighted by molar-refractivity contribution is 5.92. The summed E-state index contributed by atoms with van der Waals surface area (Å²) in [5.41, 5.74) is 0.447. The Morgan fingerprint density at radius 3 is 2.77 bits per heavy atom. The van der Waals surface area contributed by atoms with Gasteiger partial charge < -0.3 is 10.1 Å². The van der Waals surface area contributed by atoms with E-state index in [2.05, 4.69) is 10.4 Å². The Kier molecular flexibility index (Phi) is 5.84. The second-order valence-corrected chi connectivity index (χ2v) is 6.09. The molecule has 30 heavy (non-hydrogen) atoms. The van der Waals surface area contributed by atoms with Gasteiger partial charge in [-0.15, -0.1) is 0 Å². The minimum absolute atomic E-state index is 0.0667. The summed E-state index contributed by atoms with van der Waals surface area (Å²) in [4.78, 5) is 34.7. The van der Waals surface area contributed by atoms with Gasteiger partial charge in [0.15, 0.2) is 0 Å². The summed E-state index contributed by atoms with van der Waals surface area (Å²) in [5.74, 6) is 0.00439. The van der Waals surface area contributed by atoms with Crippen LogP contribution in [0.4, 0.5) is 11.4 Å². The molecule has 1 aromatic heterocycles. The molecule has 0 saturated carbocycles. The Hall–Kier alpha value is -4.52. The molecule has 150 valence electrons. The Balaban J connectivity index is 1.83. The number of nitrogens with zero attached hydrogens (tertiary/aromatic N) is 4. The Bertz CT molecular complexity index is 1230. The molecule has 0 spiro atoms. The largest absolute Gasteiger partial charge is 0.497 e. The van der Waals surface area contributed by atoms with Crippen LogP contribution in [0.5, 0.6) is 5.75 Å². The molecule has 0 radical (unpaired) electrons. The maximum atomic E-state index is 12.4. The van der Waals surface area contributed by atoms with Gasteiger partial charge in [-0.3, -0.25) is 19.7 Å². The number of ether oxygens (including phenoxy) is 1. The smallest absolute Gasteiger partial charge is 0.270 e. The molecule has 3 aromatic rings. The average Bonchev–Trinajstić information content (AvgIpc) is 2.75. The molecule has 0 atom stereocenters. The number of non-ortho nitro benzene ring substituents is 1.